The van der Waals surface area contributed by atoms with Gasteiger partial charge in [0.25, 0.3) is 0 Å². The van der Waals surface area contributed by atoms with Gasteiger partial charge in [-0.15, -0.1) is 0 Å². The Kier molecular flexibility index (Phi) is 3.62. The molecule has 0 saturated heterocycles. The lowest BCUT2D eigenvalue weighted by molar-refractivity contribution is 0.298. The van der Waals surface area contributed by atoms with E-state index in [9.17, 15) is 0 Å². The fraction of sp³-hybridized carbons (Fsp3) is 0.600. The lowest BCUT2D eigenvalue weighted by Gasteiger charge is -2.30. The van der Waals surface area contributed by atoms with Crippen LogP contribution in [0.2, 0.25) is 0 Å². The fourth-order valence-electron chi connectivity index (χ4n) is 3.05. The maximum Gasteiger partial charge on any atom is -0.00695 e. The molecule has 0 N–H and O–H groups in total. The summed E-state index contributed by atoms with van der Waals surface area (Å²) in [5.41, 5.74) is 3.76. The van der Waals surface area contributed by atoms with E-state index in [1.54, 1.807) is 11.1 Å². The Morgan fingerprint density at radius 2 is 2.31 bits per heavy atom. The van der Waals surface area contributed by atoms with Crippen molar-refractivity contribution in [1.29, 1.82) is 0 Å². The molecule has 2 rings (SSSR count). The molecular weight excluding hydrogens is 307 g/mol. The smallest absolute Gasteiger partial charge is 0.00695 e. The Balaban J connectivity index is 2.19. The molecule has 0 bridgehead atoms. The second-order valence-electron chi connectivity index (χ2n) is 5.52. The predicted octanol–water partition coefficient (Wildman–Crippen LogP) is 5.41. The van der Waals surface area contributed by atoms with Crippen LogP contribution < -0.4 is 0 Å². The van der Waals surface area contributed by atoms with Crippen LogP contribution in [0.4, 0.5) is 0 Å². The van der Waals surface area contributed by atoms with Gasteiger partial charge in [0.1, 0.15) is 0 Å². The van der Waals surface area contributed by atoms with Crippen LogP contribution >= 0.6 is 22.6 Å². The Hall–Kier alpha value is -0.0500. The van der Waals surface area contributed by atoms with Crippen LogP contribution in [0, 0.1) is 11.3 Å². The monoisotopic (exact) mass is 328 g/mol. The molecule has 0 nitrogen and oxygen atoms in total. The first kappa shape index (κ1) is 12.4. The SMILES string of the molecule is C/C=C(/I)CC1CC2=C(C=CCC2)C1(C)C. The number of rotatable bonds is 2. The average Bonchev–Trinajstić information content (AvgIpc) is 2.52. The summed E-state index contributed by atoms with van der Waals surface area (Å²) in [6.07, 6.45) is 12.1. The van der Waals surface area contributed by atoms with E-state index in [4.69, 9.17) is 0 Å². The molecule has 0 amide bonds. The third-order valence-electron chi connectivity index (χ3n) is 4.24. The van der Waals surface area contributed by atoms with Crippen LogP contribution in [0.15, 0.2) is 33.0 Å². The van der Waals surface area contributed by atoms with E-state index in [0.717, 1.165) is 5.92 Å². The molecule has 0 aliphatic heterocycles. The van der Waals surface area contributed by atoms with Gasteiger partial charge in [0.15, 0.2) is 0 Å². The second kappa shape index (κ2) is 4.67. The molecule has 1 unspecified atom stereocenters. The number of hydrogen-bond donors (Lipinski definition) is 0. The summed E-state index contributed by atoms with van der Waals surface area (Å²) in [5.74, 6) is 0.809. The Morgan fingerprint density at radius 3 is 2.94 bits per heavy atom. The molecule has 2 aliphatic rings. The fourth-order valence-corrected chi connectivity index (χ4v) is 3.58. The van der Waals surface area contributed by atoms with E-state index in [-0.39, 0.29) is 0 Å². The molecule has 88 valence electrons. The Bertz CT molecular complexity index is 369. The van der Waals surface area contributed by atoms with Gasteiger partial charge in [-0.05, 0) is 75.7 Å². The van der Waals surface area contributed by atoms with Crippen molar-refractivity contribution in [2.75, 3.05) is 0 Å². The standard InChI is InChI=1S/C15H21I/c1-4-13(16)10-12-9-11-7-5-6-8-14(11)15(12,2)3/h4,6,8,12H,5,7,9-10H2,1-3H3/b13-4+. The minimum Gasteiger partial charge on any atom is -0.0839 e. The van der Waals surface area contributed by atoms with E-state index in [2.05, 4.69) is 61.6 Å². The molecule has 1 atom stereocenters. The van der Waals surface area contributed by atoms with Gasteiger partial charge in [-0.2, -0.15) is 0 Å². The normalized spacial score (nSPS) is 28.5. The molecular formula is C15H21I. The maximum absolute atomic E-state index is 2.49. The average molecular weight is 328 g/mol. The van der Waals surface area contributed by atoms with Crippen LogP contribution in [0.5, 0.6) is 0 Å². The van der Waals surface area contributed by atoms with Gasteiger partial charge in [-0.3, -0.25) is 0 Å². The highest BCUT2D eigenvalue weighted by Crippen LogP contribution is 2.52. The highest BCUT2D eigenvalue weighted by molar-refractivity contribution is 14.1. The molecule has 0 heterocycles. The summed E-state index contributed by atoms with van der Waals surface area (Å²) in [7, 11) is 0. The quantitative estimate of drug-likeness (QED) is 0.595. The molecule has 0 aromatic rings. The molecule has 0 fully saturated rings. The molecule has 1 heteroatoms. The molecule has 0 radical (unpaired) electrons. The van der Waals surface area contributed by atoms with Gasteiger partial charge in [0.05, 0.1) is 0 Å². The van der Waals surface area contributed by atoms with Crippen LogP contribution in [0.1, 0.15) is 46.5 Å². The zero-order chi connectivity index (χ0) is 11.8. The van der Waals surface area contributed by atoms with Gasteiger partial charge in [0.2, 0.25) is 0 Å². The molecule has 0 aromatic carbocycles. The first-order valence-corrected chi connectivity index (χ1v) is 7.33. The summed E-state index contributed by atoms with van der Waals surface area (Å²) >= 11 is 2.49. The van der Waals surface area contributed by atoms with Crippen LogP contribution in [0.3, 0.4) is 0 Å². The van der Waals surface area contributed by atoms with Crippen molar-refractivity contribution in [1.82, 2.24) is 0 Å². The lowest BCUT2D eigenvalue weighted by Crippen LogP contribution is -2.20. The minimum atomic E-state index is 0.381. The molecule has 0 spiro atoms. The Morgan fingerprint density at radius 1 is 1.56 bits per heavy atom. The topological polar surface area (TPSA) is 0 Å². The van der Waals surface area contributed by atoms with Crippen molar-refractivity contribution >= 4 is 22.6 Å². The first-order chi connectivity index (χ1) is 7.55. The van der Waals surface area contributed by atoms with E-state index in [1.165, 1.54) is 29.3 Å². The van der Waals surface area contributed by atoms with Gasteiger partial charge in [-0.25, -0.2) is 0 Å². The summed E-state index contributed by atoms with van der Waals surface area (Å²) in [6.45, 7) is 7.00. The molecule has 16 heavy (non-hydrogen) atoms. The van der Waals surface area contributed by atoms with Gasteiger partial charge in [-0.1, -0.05) is 37.6 Å². The number of halogens is 1. The summed E-state index contributed by atoms with van der Waals surface area (Å²) in [4.78, 5) is 0. The predicted molar refractivity (Wildman–Crippen MR) is 79.7 cm³/mol. The van der Waals surface area contributed by atoms with Crippen molar-refractivity contribution in [2.45, 2.75) is 46.5 Å². The summed E-state index contributed by atoms with van der Waals surface area (Å²) in [6, 6.07) is 0. The van der Waals surface area contributed by atoms with Crippen molar-refractivity contribution in [3.63, 3.8) is 0 Å². The second-order valence-corrected chi connectivity index (χ2v) is 6.91. The summed E-state index contributed by atoms with van der Waals surface area (Å²) in [5, 5.41) is 0. The van der Waals surface area contributed by atoms with Crippen LogP contribution in [-0.2, 0) is 0 Å². The maximum atomic E-state index is 2.49. The van der Waals surface area contributed by atoms with Crippen molar-refractivity contribution in [2.24, 2.45) is 11.3 Å². The van der Waals surface area contributed by atoms with Gasteiger partial charge < -0.3 is 0 Å². The molecule has 0 saturated carbocycles. The highest BCUT2D eigenvalue weighted by atomic mass is 127. The van der Waals surface area contributed by atoms with Crippen LogP contribution in [0.25, 0.3) is 0 Å². The lowest BCUT2D eigenvalue weighted by atomic mass is 9.75. The highest BCUT2D eigenvalue weighted by Gasteiger charge is 2.40. The third kappa shape index (κ3) is 2.15. The third-order valence-corrected chi connectivity index (χ3v) is 5.30. The minimum absolute atomic E-state index is 0.381. The number of hydrogen-bond acceptors (Lipinski definition) is 0. The van der Waals surface area contributed by atoms with E-state index >= 15 is 0 Å². The Labute approximate surface area is 113 Å². The van der Waals surface area contributed by atoms with Gasteiger partial charge >= 0.3 is 0 Å². The van der Waals surface area contributed by atoms with E-state index in [1.807, 2.05) is 0 Å². The van der Waals surface area contributed by atoms with Crippen LogP contribution in [-0.4, -0.2) is 0 Å². The largest absolute Gasteiger partial charge is 0.0839 e. The first-order valence-electron chi connectivity index (χ1n) is 6.25. The van der Waals surface area contributed by atoms with Crippen molar-refractivity contribution < 1.29 is 0 Å². The zero-order valence-corrected chi connectivity index (χ0v) is 12.7. The van der Waals surface area contributed by atoms with E-state index < -0.39 is 0 Å². The van der Waals surface area contributed by atoms with Gasteiger partial charge in [0, 0.05) is 0 Å². The molecule has 2 aliphatic carbocycles. The van der Waals surface area contributed by atoms with E-state index in [0.29, 0.717) is 5.41 Å². The number of allylic oxidation sites excluding steroid dienone is 6. The van der Waals surface area contributed by atoms with Crippen molar-refractivity contribution in [3.8, 4) is 0 Å². The zero-order valence-electron chi connectivity index (χ0n) is 10.5. The van der Waals surface area contributed by atoms with Crippen molar-refractivity contribution in [3.05, 3.63) is 33.0 Å². The molecule has 0 aromatic heterocycles. The summed E-state index contributed by atoms with van der Waals surface area (Å²) < 4.78 is 1.51.